The van der Waals surface area contributed by atoms with E-state index in [4.69, 9.17) is 5.84 Å². The van der Waals surface area contributed by atoms with Crippen LogP contribution in [0.3, 0.4) is 0 Å². The Morgan fingerprint density at radius 3 is 2.47 bits per heavy atom. The van der Waals surface area contributed by atoms with Gasteiger partial charge in [0.1, 0.15) is 5.75 Å². The fourth-order valence-electron chi connectivity index (χ4n) is 1.77. The molecule has 3 nitrogen and oxygen atoms in total. The van der Waals surface area contributed by atoms with Crippen molar-refractivity contribution in [1.82, 2.24) is 5.43 Å². The van der Waals surface area contributed by atoms with Crippen LogP contribution < -0.4 is 11.3 Å². The second-order valence-electron chi connectivity index (χ2n) is 3.71. The fourth-order valence-corrected chi connectivity index (χ4v) is 2.15. The number of phenolic OH excluding ortho intramolecular Hbond substituents is 1. The van der Waals surface area contributed by atoms with Gasteiger partial charge in [-0.25, -0.2) is 5.43 Å². The van der Waals surface area contributed by atoms with E-state index in [0.717, 1.165) is 15.6 Å². The summed E-state index contributed by atoms with van der Waals surface area (Å²) in [4.78, 5) is 0. The second-order valence-corrected chi connectivity index (χ2v) is 4.63. The number of phenols is 1. The first-order valence-corrected chi connectivity index (χ1v) is 6.01. The zero-order valence-corrected chi connectivity index (χ0v) is 10.7. The third-order valence-corrected chi connectivity index (χ3v) is 3.09. The molecule has 4 heteroatoms. The predicted octanol–water partition coefficient (Wildman–Crippen LogP) is 2.71. The number of hydrogen-bond acceptors (Lipinski definition) is 3. The van der Waals surface area contributed by atoms with Gasteiger partial charge in [-0.1, -0.05) is 46.3 Å². The molecular weight excluding hydrogens is 280 g/mol. The lowest BCUT2D eigenvalue weighted by Crippen LogP contribution is -2.28. The van der Waals surface area contributed by atoms with Crippen LogP contribution in [0.2, 0.25) is 0 Å². The van der Waals surface area contributed by atoms with Gasteiger partial charge in [0.25, 0.3) is 0 Å². The molecule has 0 fully saturated rings. The van der Waals surface area contributed by atoms with Gasteiger partial charge < -0.3 is 5.11 Å². The minimum absolute atomic E-state index is 0.222. The van der Waals surface area contributed by atoms with E-state index in [0.29, 0.717) is 0 Å². The molecule has 0 saturated heterocycles. The maximum atomic E-state index is 9.88. The SMILES string of the molecule is NN[C@H](c1ccccc1)c1cc(Br)ccc1O. The molecule has 0 bridgehead atoms. The summed E-state index contributed by atoms with van der Waals surface area (Å²) in [6, 6.07) is 14.8. The summed E-state index contributed by atoms with van der Waals surface area (Å²) in [5.41, 5.74) is 4.47. The second kappa shape index (κ2) is 5.31. The standard InChI is InChI=1S/C13H13BrN2O/c14-10-6-7-12(17)11(8-10)13(16-15)9-4-2-1-3-5-9/h1-8,13,16-17H,15H2/t13-/m1/s1. The summed E-state index contributed by atoms with van der Waals surface area (Å²) in [7, 11) is 0. The lowest BCUT2D eigenvalue weighted by atomic mass is 9.98. The van der Waals surface area contributed by atoms with Gasteiger partial charge >= 0.3 is 0 Å². The summed E-state index contributed by atoms with van der Waals surface area (Å²) in [6.45, 7) is 0. The van der Waals surface area contributed by atoms with Crippen LogP contribution in [0.15, 0.2) is 53.0 Å². The molecular formula is C13H13BrN2O. The molecule has 0 aromatic heterocycles. The molecule has 0 unspecified atom stereocenters. The molecule has 0 spiro atoms. The number of rotatable bonds is 3. The van der Waals surface area contributed by atoms with E-state index in [1.807, 2.05) is 36.4 Å². The smallest absolute Gasteiger partial charge is 0.120 e. The van der Waals surface area contributed by atoms with E-state index in [1.54, 1.807) is 12.1 Å². The lowest BCUT2D eigenvalue weighted by molar-refractivity contribution is 0.458. The average Bonchev–Trinajstić information content (AvgIpc) is 2.36. The third kappa shape index (κ3) is 2.66. The van der Waals surface area contributed by atoms with Crippen molar-refractivity contribution in [2.45, 2.75) is 6.04 Å². The van der Waals surface area contributed by atoms with Gasteiger partial charge in [0.2, 0.25) is 0 Å². The average molecular weight is 293 g/mol. The van der Waals surface area contributed by atoms with Crippen molar-refractivity contribution in [3.8, 4) is 5.75 Å². The highest BCUT2D eigenvalue weighted by molar-refractivity contribution is 9.10. The van der Waals surface area contributed by atoms with Gasteiger partial charge in [0.15, 0.2) is 0 Å². The number of nitrogens with two attached hydrogens (primary N) is 1. The molecule has 2 rings (SSSR count). The maximum absolute atomic E-state index is 9.88. The quantitative estimate of drug-likeness (QED) is 0.602. The van der Waals surface area contributed by atoms with Crippen LogP contribution in [0.4, 0.5) is 0 Å². The van der Waals surface area contributed by atoms with Crippen LogP contribution in [0.25, 0.3) is 0 Å². The molecule has 0 radical (unpaired) electrons. The molecule has 1 atom stereocenters. The number of nitrogens with one attached hydrogen (secondary N) is 1. The van der Waals surface area contributed by atoms with Crippen molar-refractivity contribution >= 4 is 15.9 Å². The Morgan fingerprint density at radius 2 is 1.82 bits per heavy atom. The Morgan fingerprint density at radius 1 is 1.12 bits per heavy atom. The van der Waals surface area contributed by atoms with E-state index in [1.165, 1.54) is 0 Å². The lowest BCUT2D eigenvalue weighted by Gasteiger charge is -2.18. The van der Waals surface area contributed by atoms with Gasteiger partial charge in [0, 0.05) is 10.0 Å². The Labute approximate surface area is 108 Å². The van der Waals surface area contributed by atoms with Crippen LogP contribution in [0.5, 0.6) is 5.75 Å². The number of hydrogen-bond donors (Lipinski definition) is 3. The highest BCUT2D eigenvalue weighted by Crippen LogP contribution is 2.31. The Kier molecular flexibility index (Phi) is 3.78. The molecule has 0 aliphatic rings. The molecule has 17 heavy (non-hydrogen) atoms. The van der Waals surface area contributed by atoms with Gasteiger partial charge in [-0.05, 0) is 23.8 Å². The normalized spacial score (nSPS) is 12.4. The van der Waals surface area contributed by atoms with Gasteiger partial charge in [-0.2, -0.15) is 0 Å². The van der Waals surface area contributed by atoms with Crippen LogP contribution in [-0.2, 0) is 0 Å². The van der Waals surface area contributed by atoms with Crippen LogP contribution in [0.1, 0.15) is 17.2 Å². The van der Waals surface area contributed by atoms with Crippen LogP contribution in [-0.4, -0.2) is 5.11 Å². The van der Waals surface area contributed by atoms with Gasteiger partial charge in [0.05, 0.1) is 6.04 Å². The predicted molar refractivity (Wildman–Crippen MR) is 71.4 cm³/mol. The Balaban J connectivity index is 2.46. The van der Waals surface area contributed by atoms with E-state index < -0.39 is 0 Å². The number of aromatic hydroxyl groups is 1. The monoisotopic (exact) mass is 292 g/mol. The fraction of sp³-hybridized carbons (Fsp3) is 0.0769. The zero-order chi connectivity index (χ0) is 12.3. The topological polar surface area (TPSA) is 58.3 Å². The van der Waals surface area contributed by atoms with Crippen molar-refractivity contribution in [2.24, 2.45) is 5.84 Å². The highest BCUT2D eigenvalue weighted by Gasteiger charge is 2.16. The van der Waals surface area contributed by atoms with Gasteiger partial charge in [-0.3, -0.25) is 5.84 Å². The molecule has 2 aromatic rings. The van der Waals surface area contributed by atoms with E-state index in [-0.39, 0.29) is 11.8 Å². The third-order valence-electron chi connectivity index (χ3n) is 2.60. The van der Waals surface area contributed by atoms with Crippen molar-refractivity contribution in [1.29, 1.82) is 0 Å². The maximum Gasteiger partial charge on any atom is 0.120 e. The zero-order valence-electron chi connectivity index (χ0n) is 9.10. The molecule has 0 aliphatic heterocycles. The molecule has 0 saturated carbocycles. The summed E-state index contributed by atoms with van der Waals surface area (Å²) in [5, 5.41) is 9.88. The van der Waals surface area contributed by atoms with E-state index in [2.05, 4.69) is 21.4 Å². The Hall–Kier alpha value is -1.36. The van der Waals surface area contributed by atoms with Crippen molar-refractivity contribution in [3.05, 3.63) is 64.1 Å². The largest absolute Gasteiger partial charge is 0.508 e. The first kappa shape index (κ1) is 12.1. The minimum Gasteiger partial charge on any atom is -0.508 e. The summed E-state index contributed by atoms with van der Waals surface area (Å²) in [6.07, 6.45) is 0. The van der Waals surface area contributed by atoms with Gasteiger partial charge in [-0.15, -0.1) is 0 Å². The molecule has 0 heterocycles. The minimum atomic E-state index is -0.228. The van der Waals surface area contributed by atoms with Crippen LogP contribution >= 0.6 is 15.9 Å². The molecule has 0 aliphatic carbocycles. The van der Waals surface area contributed by atoms with Crippen molar-refractivity contribution < 1.29 is 5.11 Å². The van der Waals surface area contributed by atoms with Crippen LogP contribution in [0, 0.1) is 0 Å². The van der Waals surface area contributed by atoms with Crippen molar-refractivity contribution in [2.75, 3.05) is 0 Å². The van der Waals surface area contributed by atoms with E-state index in [9.17, 15) is 5.11 Å². The highest BCUT2D eigenvalue weighted by atomic mass is 79.9. The first-order chi connectivity index (χ1) is 8.22. The molecule has 0 amide bonds. The Bertz CT molecular complexity index is 502. The van der Waals surface area contributed by atoms with E-state index >= 15 is 0 Å². The number of benzene rings is 2. The molecule has 88 valence electrons. The number of halogens is 1. The van der Waals surface area contributed by atoms with Crippen molar-refractivity contribution in [3.63, 3.8) is 0 Å². The summed E-state index contributed by atoms with van der Waals surface area (Å²) < 4.78 is 0.904. The summed E-state index contributed by atoms with van der Waals surface area (Å²) in [5.74, 6) is 5.80. The molecule has 4 N–H and O–H groups in total. The molecule has 2 aromatic carbocycles. The first-order valence-electron chi connectivity index (χ1n) is 5.22. The number of hydrazine groups is 1. The summed E-state index contributed by atoms with van der Waals surface area (Å²) >= 11 is 3.39.